The van der Waals surface area contributed by atoms with Gasteiger partial charge in [-0.2, -0.15) is 0 Å². The molecular formula is C10H18N4. The number of nitrogens with zero attached hydrogens (tertiary/aromatic N) is 4. The smallest absolute Gasteiger partial charge is 0.0628 e. The van der Waals surface area contributed by atoms with Crippen LogP contribution in [0, 0.1) is 0 Å². The number of likely N-dealkylation sites (tertiary alicyclic amines) is 1. The third-order valence-corrected chi connectivity index (χ3v) is 3.45. The van der Waals surface area contributed by atoms with Crippen LogP contribution >= 0.6 is 0 Å². The molecule has 0 aromatic carbocycles. The van der Waals surface area contributed by atoms with E-state index in [1.54, 1.807) is 0 Å². The van der Waals surface area contributed by atoms with Crippen LogP contribution in [0.5, 0.6) is 0 Å². The van der Waals surface area contributed by atoms with E-state index in [1.807, 2.05) is 0 Å². The first-order valence-corrected chi connectivity index (χ1v) is 5.68. The highest BCUT2D eigenvalue weighted by Gasteiger charge is 2.31. The lowest BCUT2D eigenvalue weighted by Gasteiger charge is -2.42. The molecule has 1 saturated carbocycles. The Balaban J connectivity index is 1.77. The van der Waals surface area contributed by atoms with E-state index >= 15 is 0 Å². The largest absolute Gasteiger partial charge is 0.299 e. The van der Waals surface area contributed by atoms with Gasteiger partial charge in [0.15, 0.2) is 0 Å². The maximum absolute atomic E-state index is 8.28. The summed E-state index contributed by atoms with van der Waals surface area (Å²) in [5, 5.41) is 3.74. The van der Waals surface area contributed by atoms with Gasteiger partial charge in [-0.25, -0.2) is 0 Å². The van der Waals surface area contributed by atoms with E-state index in [1.165, 1.54) is 38.5 Å². The summed E-state index contributed by atoms with van der Waals surface area (Å²) in [4.78, 5) is 5.34. The topological polar surface area (TPSA) is 52.0 Å². The van der Waals surface area contributed by atoms with Crippen LogP contribution in [0.2, 0.25) is 0 Å². The van der Waals surface area contributed by atoms with E-state index in [-0.39, 0.29) is 6.04 Å². The molecule has 1 aliphatic heterocycles. The van der Waals surface area contributed by atoms with E-state index in [2.05, 4.69) is 14.9 Å². The summed E-state index contributed by atoms with van der Waals surface area (Å²) in [5.74, 6) is 0. The number of rotatable bonds is 2. The van der Waals surface area contributed by atoms with Gasteiger partial charge in [0.1, 0.15) is 0 Å². The van der Waals surface area contributed by atoms with Crippen LogP contribution in [0.4, 0.5) is 0 Å². The van der Waals surface area contributed by atoms with E-state index in [9.17, 15) is 0 Å². The van der Waals surface area contributed by atoms with Gasteiger partial charge in [-0.15, -0.1) is 0 Å². The fourth-order valence-electron chi connectivity index (χ4n) is 2.56. The Kier molecular flexibility index (Phi) is 3.27. The second kappa shape index (κ2) is 4.67. The molecule has 0 bridgehead atoms. The molecule has 14 heavy (non-hydrogen) atoms. The van der Waals surface area contributed by atoms with Crippen LogP contribution in [0.3, 0.4) is 0 Å². The van der Waals surface area contributed by atoms with E-state index in [0.717, 1.165) is 19.1 Å². The van der Waals surface area contributed by atoms with E-state index < -0.39 is 0 Å². The zero-order chi connectivity index (χ0) is 9.80. The molecule has 0 unspecified atom stereocenters. The summed E-state index contributed by atoms with van der Waals surface area (Å²) >= 11 is 0. The lowest BCUT2D eigenvalue weighted by atomic mass is 10.0. The fraction of sp³-hybridized carbons (Fsp3) is 1.00. The average Bonchev–Trinajstić information content (AvgIpc) is 2.38. The Hall–Kier alpha value is -0.730. The summed E-state index contributed by atoms with van der Waals surface area (Å²) in [6.45, 7) is 1.99. The quantitative estimate of drug-likeness (QED) is 0.288. The highest BCUT2D eigenvalue weighted by Crippen LogP contribution is 2.26. The highest BCUT2D eigenvalue weighted by molar-refractivity contribution is 4.90. The number of hydrogen-bond donors (Lipinski definition) is 0. The molecule has 2 rings (SSSR count). The molecule has 0 aromatic rings. The van der Waals surface area contributed by atoms with E-state index in [0.29, 0.717) is 0 Å². The first-order valence-electron chi connectivity index (χ1n) is 5.68. The SMILES string of the molecule is [N-]=[N+]=NC1CN(C2CCCCCC2)C1. The maximum atomic E-state index is 8.28. The molecule has 0 aromatic heterocycles. The van der Waals surface area contributed by atoms with Crippen molar-refractivity contribution in [2.24, 2.45) is 5.11 Å². The van der Waals surface area contributed by atoms with Gasteiger partial charge >= 0.3 is 0 Å². The second-order valence-electron chi connectivity index (χ2n) is 4.46. The van der Waals surface area contributed by atoms with Gasteiger partial charge in [0.05, 0.1) is 6.04 Å². The molecule has 78 valence electrons. The van der Waals surface area contributed by atoms with Crippen molar-refractivity contribution in [3.8, 4) is 0 Å². The lowest BCUT2D eigenvalue weighted by Crippen LogP contribution is -2.54. The lowest BCUT2D eigenvalue weighted by molar-refractivity contribution is 0.0848. The van der Waals surface area contributed by atoms with Gasteiger partial charge in [-0.1, -0.05) is 30.8 Å². The molecule has 0 N–H and O–H groups in total. The van der Waals surface area contributed by atoms with Crippen LogP contribution in [-0.2, 0) is 0 Å². The Morgan fingerprint density at radius 2 is 1.71 bits per heavy atom. The molecule has 4 nitrogen and oxygen atoms in total. The van der Waals surface area contributed by atoms with Gasteiger partial charge in [0.25, 0.3) is 0 Å². The number of hydrogen-bond acceptors (Lipinski definition) is 2. The van der Waals surface area contributed by atoms with Gasteiger partial charge in [0.2, 0.25) is 0 Å². The minimum Gasteiger partial charge on any atom is -0.299 e. The standard InChI is InChI=1S/C10H18N4/c11-13-12-9-7-14(8-9)10-5-3-1-2-4-6-10/h9-10H,1-8H2. The third-order valence-electron chi connectivity index (χ3n) is 3.45. The minimum atomic E-state index is 0.253. The molecule has 0 radical (unpaired) electrons. The van der Waals surface area contributed by atoms with Gasteiger partial charge < -0.3 is 0 Å². The summed E-state index contributed by atoms with van der Waals surface area (Å²) in [7, 11) is 0. The van der Waals surface area contributed by atoms with Crippen molar-refractivity contribution in [3.05, 3.63) is 10.4 Å². The van der Waals surface area contributed by atoms with Gasteiger partial charge in [-0.3, -0.25) is 4.90 Å². The van der Waals surface area contributed by atoms with Crippen LogP contribution < -0.4 is 0 Å². The Labute approximate surface area is 84.9 Å². The summed E-state index contributed by atoms with van der Waals surface area (Å²) < 4.78 is 0. The number of azide groups is 1. The van der Waals surface area contributed by atoms with Crippen LogP contribution in [0.1, 0.15) is 38.5 Å². The van der Waals surface area contributed by atoms with Crippen LogP contribution in [0.25, 0.3) is 10.4 Å². The van der Waals surface area contributed by atoms with Crippen LogP contribution in [-0.4, -0.2) is 30.1 Å². The molecule has 1 aliphatic carbocycles. The molecule has 1 heterocycles. The summed E-state index contributed by atoms with van der Waals surface area (Å²) in [6.07, 6.45) is 8.28. The molecule has 0 atom stereocenters. The van der Waals surface area contributed by atoms with Crippen molar-refractivity contribution in [1.82, 2.24) is 4.90 Å². The van der Waals surface area contributed by atoms with Crippen molar-refractivity contribution in [3.63, 3.8) is 0 Å². The molecular weight excluding hydrogens is 176 g/mol. The van der Waals surface area contributed by atoms with Crippen molar-refractivity contribution >= 4 is 0 Å². The predicted octanol–water partition coefficient (Wildman–Crippen LogP) is 2.70. The second-order valence-corrected chi connectivity index (χ2v) is 4.46. The summed E-state index contributed by atoms with van der Waals surface area (Å²) in [5.41, 5.74) is 8.28. The first-order chi connectivity index (χ1) is 6.90. The highest BCUT2D eigenvalue weighted by atomic mass is 15.3. The van der Waals surface area contributed by atoms with Crippen molar-refractivity contribution in [1.29, 1.82) is 0 Å². The molecule has 0 spiro atoms. The predicted molar refractivity (Wildman–Crippen MR) is 56.0 cm³/mol. The average molecular weight is 194 g/mol. The van der Waals surface area contributed by atoms with Crippen molar-refractivity contribution in [2.75, 3.05) is 13.1 Å². The minimum absolute atomic E-state index is 0.253. The van der Waals surface area contributed by atoms with Crippen molar-refractivity contribution in [2.45, 2.75) is 50.6 Å². The monoisotopic (exact) mass is 194 g/mol. The Morgan fingerprint density at radius 1 is 1.07 bits per heavy atom. The normalized spacial score (nSPS) is 26.3. The molecule has 2 aliphatic rings. The van der Waals surface area contributed by atoms with Crippen molar-refractivity contribution < 1.29 is 0 Å². The molecule has 0 amide bonds. The van der Waals surface area contributed by atoms with Gasteiger partial charge in [0, 0.05) is 24.0 Å². The summed E-state index contributed by atoms with van der Waals surface area (Å²) in [6, 6.07) is 1.03. The molecule has 1 saturated heterocycles. The Bertz CT molecular complexity index is 220. The van der Waals surface area contributed by atoms with Gasteiger partial charge in [-0.05, 0) is 18.4 Å². The fourth-order valence-corrected chi connectivity index (χ4v) is 2.56. The molecule has 2 fully saturated rings. The first kappa shape index (κ1) is 9.81. The zero-order valence-corrected chi connectivity index (χ0v) is 8.60. The third kappa shape index (κ3) is 2.20. The van der Waals surface area contributed by atoms with Crippen LogP contribution in [0.15, 0.2) is 5.11 Å². The Morgan fingerprint density at radius 3 is 2.29 bits per heavy atom. The maximum Gasteiger partial charge on any atom is 0.0628 e. The zero-order valence-electron chi connectivity index (χ0n) is 8.60. The molecule has 4 heteroatoms. The van der Waals surface area contributed by atoms with E-state index in [4.69, 9.17) is 5.53 Å².